The van der Waals surface area contributed by atoms with Gasteiger partial charge in [-0.1, -0.05) is 0 Å². The van der Waals surface area contributed by atoms with Crippen molar-refractivity contribution in [3.05, 3.63) is 29.3 Å². The second-order valence-electron chi connectivity index (χ2n) is 6.95. The molecule has 1 aromatic rings. The van der Waals surface area contributed by atoms with Gasteiger partial charge in [0.05, 0.1) is 5.69 Å². The molecule has 0 aliphatic carbocycles. The molecule has 7 heteroatoms. The third-order valence-electron chi connectivity index (χ3n) is 3.87. The molecule has 1 unspecified atom stereocenters. The Morgan fingerprint density at radius 1 is 1.29 bits per heavy atom. The van der Waals surface area contributed by atoms with Crippen molar-refractivity contribution in [2.45, 2.75) is 39.3 Å². The third-order valence-corrected chi connectivity index (χ3v) is 3.87. The number of carbonyl (C=O) groups is 1. The Balaban J connectivity index is 2.19. The maximum atomic E-state index is 14.0. The fraction of sp³-hybridized carbons (Fsp3) is 0.588. The number of nitrogens with zero attached hydrogens (tertiary/aromatic N) is 1. The highest BCUT2D eigenvalue weighted by Gasteiger charge is 2.23. The number of halogens is 2. The zero-order valence-electron chi connectivity index (χ0n) is 14.6. The monoisotopic (exact) mass is 341 g/mol. The number of nitrogens with one attached hydrogen (secondary N) is 2. The predicted molar refractivity (Wildman–Crippen MR) is 89.1 cm³/mol. The van der Waals surface area contributed by atoms with E-state index in [1.807, 2.05) is 6.92 Å². The minimum Gasteiger partial charge on any atom is -0.444 e. The van der Waals surface area contributed by atoms with E-state index in [9.17, 15) is 13.6 Å². The molecule has 0 radical (unpaired) electrons. The van der Waals surface area contributed by atoms with Gasteiger partial charge in [0.25, 0.3) is 0 Å². The average Bonchev–Trinajstić information content (AvgIpc) is 2.50. The molecule has 1 fully saturated rings. The molecule has 0 saturated carbocycles. The maximum Gasteiger partial charge on any atom is 0.412 e. The van der Waals surface area contributed by atoms with Crippen LogP contribution in [0.15, 0.2) is 12.1 Å². The summed E-state index contributed by atoms with van der Waals surface area (Å²) in [5.41, 5.74) is -0.312. The highest BCUT2D eigenvalue weighted by Crippen LogP contribution is 2.27. The Kier molecular flexibility index (Phi) is 5.77. The number of piperazine rings is 1. The molecule has 0 bridgehead atoms. The molecule has 2 rings (SSSR count). The summed E-state index contributed by atoms with van der Waals surface area (Å²) in [5, 5.41) is 5.55. The van der Waals surface area contributed by atoms with Crippen LogP contribution in [0.25, 0.3) is 0 Å². The minimum atomic E-state index is -1.09. The van der Waals surface area contributed by atoms with E-state index in [2.05, 4.69) is 15.5 Å². The number of hydrogen-bond acceptors (Lipinski definition) is 4. The molecule has 1 heterocycles. The van der Waals surface area contributed by atoms with Crippen molar-refractivity contribution in [3.63, 3.8) is 0 Å². The molecule has 1 atom stereocenters. The van der Waals surface area contributed by atoms with Gasteiger partial charge in [0.15, 0.2) is 11.6 Å². The van der Waals surface area contributed by atoms with E-state index < -0.39 is 23.3 Å². The summed E-state index contributed by atoms with van der Waals surface area (Å²) in [7, 11) is 0. The van der Waals surface area contributed by atoms with E-state index in [0.717, 1.165) is 26.2 Å². The number of hydrogen-bond donors (Lipinski definition) is 2. The smallest absolute Gasteiger partial charge is 0.412 e. The lowest BCUT2D eigenvalue weighted by Gasteiger charge is -2.33. The van der Waals surface area contributed by atoms with Crippen LogP contribution < -0.4 is 10.6 Å². The van der Waals surface area contributed by atoms with Crippen molar-refractivity contribution in [1.82, 2.24) is 10.2 Å². The lowest BCUT2D eigenvalue weighted by Crippen LogP contribution is -2.44. The standard InChI is InChI=1S/C17H25F2N3O2/c1-11(22-7-5-20-6-8-22)12-9-13(18)15(19)14(10-12)21-16(23)24-17(2,3)4/h9-11,20H,5-8H2,1-4H3,(H,21,23). The fourth-order valence-corrected chi connectivity index (χ4v) is 2.64. The zero-order valence-corrected chi connectivity index (χ0v) is 14.6. The number of carbonyl (C=O) groups excluding carboxylic acids is 1. The van der Waals surface area contributed by atoms with Gasteiger partial charge in [-0.2, -0.15) is 0 Å². The SMILES string of the molecule is CC(c1cc(F)c(F)c(NC(=O)OC(C)(C)C)c1)N1CCNCC1. The summed E-state index contributed by atoms with van der Waals surface area (Å²) in [6, 6.07) is 2.57. The Morgan fingerprint density at radius 3 is 2.50 bits per heavy atom. The molecular weight excluding hydrogens is 316 g/mol. The van der Waals surface area contributed by atoms with E-state index in [0.29, 0.717) is 5.56 Å². The summed E-state index contributed by atoms with van der Waals surface area (Å²) in [6.45, 7) is 10.4. The highest BCUT2D eigenvalue weighted by atomic mass is 19.2. The van der Waals surface area contributed by atoms with Crippen LogP contribution in [0, 0.1) is 11.6 Å². The van der Waals surface area contributed by atoms with E-state index in [-0.39, 0.29) is 11.7 Å². The molecule has 1 saturated heterocycles. The van der Waals surface area contributed by atoms with Crippen molar-refractivity contribution < 1.29 is 18.3 Å². The van der Waals surface area contributed by atoms with Crippen LogP contribution in [0.5, 0.6) is 0 Å². The van der Waals surface area contributed by atoms with Gasteiger partial charge in [0, 0.05) is 32.2 Å². The van der Waals surface area contributed by atoms with Crippen molar-refractivity contribution >= 4 is 11.8 Å². The molecule has 2 N–H and O–H groups in total. The second-order valence-corrected chi connectivity index (χ2v) is 6.95. The summed E-state index contributed by atoms with van der Waals surface area (Å²) >= 11 is 0. The number of amides is 1. The van der Waals surface area contributed by atoms with Crippen LogP contribution in [-0.2, 0) is 4.74 Å². The topological polar surface area (TPSA) is 53.6 Å². The largest absolute Gasteiger partial charge is 0.444 e. The summed E-state index contributed by atoms with van der Waals surface area (Å²) in [4.78, 5) is 14.0. The molecule has 1 amide bonds. The van der Waals surface area contributed by atoms with Crippen LogP contribution in [0.1, 0.15) is 39.3 Å². The number of rotatable bonds is 3. The van der Waals surface area contributed by atoms with Gasteiger partial charge in [-0.15, -0.1) is 0 Å². The molecule has 0 aromatic heterocycles. The van der Waals surface area contributed by atoms with Crippen LogP contribution in [0.3, 0.4) is 0 Å². The molecule has 5 nitrogen and oxygen atoms in total. The molecule has 1 aliphatic rings. The number of anilines is 1. The first kappa shape index (κ1) is 18.6. The molecule has 134 valence electrons. The highest BCUT2D eigenvalue weighted by molar-refractivity contribution is 5.85. The Morgan fingerprint density at radius 2 is 1.92 bits per heavy atom. The summed E-state index contributed by atoms with van der Waals surface area (Å²) in [5.74, 6) is -2.07. The quantitative estimate of drug-likeness (QED) is 0.886. The van der Waals surface area contributed by atoms with E-state index in [1.54, 1.807) is 20.8 Å². The Hall–Kier alpha value is -1.73. The van der Waals surface area contributed by atoms with Gasteiger partial charge in [-0.3, -0.25) is 10.2 Å². The zero-order chi connectivity index (χ0) is 17.9. The van der Waals surface area contributed by atoms with Gasteiger partial charge in [-0.25, -0.2) is 13.6 Å². The number of benzene rings is 1. The molecule has 0 spiro atoms. The normalized spacial score (nSPS) is 17.4. The first-order chi connectivity index (χ1) is 11.2. The first-order valence-electron chi connectivity index (χ1n) is 8.11. The van der Waals surface area contributed by atoms with Crippen molar-refractivity contribution in [3.8, 4) is 0 Å². The van der Waals surface area contributed by atoms with Gasteiger partial charge in [0.1, 0.15) is 5.60 Å². The van der Waals surface area contributed by atoms with E-state index in [4.69, 9.17) is 4.74 Å². The molecular formula is C17H25F2N3O2. The summed E-state index contributed by atoms with van der Waals surface area (Å²) in [6.07, 6.45) is -0.812. The lowest BCUT2D eigenvalue weighted by atomic mass is 10.0. The van der Waals surface area contributed by atoms with Crippen molar-refractivity contribution in [1.29, 1.82) is 0 Å². The van der Waals surface area contributed by atoms with Crippen LogP contribution in [0.4, 0.5) is 19.3 Å². The maximum absolute atomic E-state index is 14.0. The average molecular weight is 341 g/mol. The minimum absolute atomic E-state index is 0.0820. The predicted octanol–water partition coefficient (Wildman–Crippen LogP) is 3.28. The lowest BCUT2D eigenvalue weighted by molar-refractivity contribution is 0.0635. The Bertz CT molecular complexity index is 596. The van der Waals surface area contributed by atoms with Crippen LogP contribution in [-0.4, -0.2) is 42.8 Å². The van der Waals surface area contributed by atoms with Gasteiger partial charge < -0.3 is 10.1 Å². The van der Waals surface area contributed by atoms with Gasteiger partial charge in [-0.05, 0) is 45.4 Å². The molecule has 1 aliphatic heterocycles. The van der Waals surface area contributed by atoms with E-state index >= 15 is 0 Å². The van der Waals surface area contributed by atoms with Crippen molar-refractivity contribution in [2.75, 3.05) is 31.5 Å². The van der Waals surface area contributed by atoms with Crippen LogP contribution >= 0.6 is 0 Å². The molecule has 24 heavy (non-hydrogen) atoms. The van der Waals surface area contributed by atoms with Crippen molar-refractivity contribution in [2.24, 2.45) is 0 Å². The van der Waals surface area contributed by atoms with Gasteiger partial charge in [0.2, 0.25) is 0 Å². The Labute approximate surface area is 141 Å². The van der Waals surface area contributed by atoms with Crippen LogP contribution in [0.2, 0.25) is 0 Å². The fourth-order valence-electron chi connectivity index (χ4n) is 2.64. The van der Waals surface area contributed by atoms with Gasteiger partial charge >= 0.3 is 6.09 Å². The third kappa shape index (κ3) is 4.88. The summed E-state index contributed by atoms with van der Waals surface area (Å²) < 4.78 is 33.1. The number of ether oxygens (including phenoxy) is 1. The first-order valence-corrected chi connectivity index (χ1v) is 8.11. The van der Waals surface area contributed by atoms with E-state index in [1.165, 1.54) is 12.1 Å². The second kappa shape index (κ2) is 7.44. The molecule has 1 aromatic carbocycles.